The highest BCUT2D eigenvalue weighted by molar-refractivity contribution is 6.42. The summed E-state index contributed by atoms with van der Waals surface area (Å²) in [5.41, 5.74) is 0.857. The Balaban J connectivity index is 2.01. The summed E-state index contributed by atoms with van der Waals surface area (Å²) in [4.78, 5) is 27.8. The molecular formula is C18H22Cl2N2O3. The van der Waals surface area contributed by atoms with Crippen molar-refractivity contribution >= 4 is 35.0 Å². The lowest BCUT2D eigenvalue weighted by molar-refractivity contribution is -0.140. The first-order chi connectivity index (χ1) is 12.0. The number of aliphatic hydroxyl groups is 1. The van der Waals surface area contributed by atoms with Crippen LogP contribution in [-0.4, -0.2) is 53.0 Å². The van der Waals surface area contributed by atoms with Gasteiger partial charge < -0.3 is 14.9 Å². The minimum Gasteiger partial charge on any atom is -0.395 e. The van der Waals surface area contributed by atoms with E-state index in [1.165, 1.54) is 6.08 Å². The van der Waals surface area contributed by atoms with Crippen LogP contribution in [-0.2, 0) is 16.1 Å². The van der Waals surface area contributed by atoms with Crippen LogP contribution in [0.1, 0.15) is 18.4 Å². The van der Waals surface area contributed by atoms with Gasteiger partial charge in [-0.05, 0) is 36.6 Å². The van der Waals surface area contributed by atoms with Crippen LogP contribution in [0.15, 0.2) is 30.9 Å². The average molecular weight is 385 g/mol. The maximum absolute atomic E-state index is 12.8. The number of hydrogen-bond acceptors (Lipinski definition) is 3. The molecule has 136 valence electrons. The standard InChI is InChI=1S/C18H22Cl2N2O3/c1-2-17(24)21-7-5-14(6-8-21)18(25)22(9-10-23)12-13-3-4-15(19)16(20)11-13/h2-4,11,14,23H,1,5-10,12H2. The fourth-order valence-electron chi connectivity index (χ4n) is 2.98. The van der Waals surface area contributed by atoms with E-state index in [0.29, 0.717) is 42.5 Å². The SMILES string of the molecule is C=CC(=O)N1CCC(C(=O)N(CCO)Cc2ccc(Cl)c(Cl)c2)CC1. The van der Waals surface area contributed by atoms with Crippen LogP contribution in [0.5, 0.6) is 0 Å². The summed E-state index contributed by atoms with van der Waals surface area (Å²) in [5, 5.41) is 10.2. The monoisotopic (exact) mass is 384 g/mol. The van der Waals surface area contributed by atoms with E-state index in [-0.39, 0.29) is 30.9 Å². The summed E-state index contributed by atoms with van der Waals surface area (Å²) in [7, 11) is 0. The lowest BCUT2D eigenvalue weighted by atomic mass is 9.95. The van der Waals surface area contributed by atoms with E-state index in [4.69, 9.17) is 23.2 Å². The minimum atomic E-state index is -0.150. The largest absolute Gasteiger partial charge is 0.395 e. The summed E-state index contributed by atoms with van der Waals surface area (Å²) < 4.78 is 0. The lowest BCUT2D eigenvalue weighted by Crippen LogP contribution is -2.44. The van der Waals surface area contributed by atoms with Gasteiger partial charge in [0.25, 0.3) is 0 Å². The molecule has 1 aliphatic rings. The third-order valence-electron chi connectivity index (χ3n) is 4.37. The molecule has 0 aliphatic carbocycles. The molecule has 1 fully saturated rings. The summed E-state index contributed by atoms with van der Waals surface area (Å²) in [5.74, 6) is -0.261. The van der Waals surface area contributed by atoms with Crippen LogP contribution in [0.2, 0.25) is 10.0 Å². The normalized spacial score (nSPS) is 15.1. The van der Waals surface area contributed by atoms with Crippen molar-refractivity contribution < 1.29 is 14.7 Å². The Morgan fingerprint density at radius 2 is 1.96 bits per heavy atom. The van der Waals surface area contributed by atoms with Crippen LogP contribution >= 0.6 is 23.2 Å². The van der Waals surface area contributed by atoms with Crippen molar-refractivity contribution in [2.75, 3.05) is 26.2 Å². The van der Waals surface area contributed by atoms with Gasteiger partial charge in [0, 0.05) is 32.1 Å². The molecule has 1 N–H and O–H groups in total. The molecule has 7 heteroatoms. The molecule has 25 heavy (non-hydrogen) atoms. The molecule has 2 rings (SSSR count). The smallest absolute Gasteiger partial charge is 0.245 e. The van der Waals surface area contributed by atoms with E-state index in [9.17, 15) is 14.7 Å². The Morgan fingerprint density at radius 3 is 2.52 bits per heavy atom. The van der Waals surface area contributed by atoms with E-state index < -0.39 is 0 Å². The molecule has 0 radical (unpaired) electrons. The van der Waals surface area contributed by atoms with Crippen molar-refractivity contribution in [1.82, 2.24) is 9.80 Å². The topological polar surface area (TPSA) is 60.9 Å². The van der Waals surface area contributed by atoms with Gasteiger partial charge in [0.1, 0.15) is 0 Å². The second-order valence-corrected chi connectivity index (χ2v) is 6.85. The van der Waals surface area contributed by atoms with Crippen molar-refractivity contribution in [2.24, 2.45) is 5.92 Å². The number of carbonyl (C=O) groups is 2. The van der Waals surface area contributed by atoms with Gasteiger partial charge in [-0.2, -0.15) is 0 Å². The summed E-state index contributed by atoms with van der Waals surface area (Å²) in [6.07, 6.45) is 2.52. The molecule has 0 spiro atoms. The molecule has 0 atom stereocenters. The summed E-state index contributed by atoms with van der Waals surface area (Å²) in [6.45, 7) is 5.08. The van der Waals surface area contributed by atoms with Gasteiger partial charge in [0.2, 0.25) is 11.8 Å². The molecule has 0 bridgehead atoms. The molecule has 1 saturated heterocycles. The number of amides is 2. The first-order valence-corrected chi connectivity index (χ1v) is 8.96. The van der Waals surface area contributed by atoms with Crippen LogP contribution in [0.3, 0.4) is 0 Å². The maximum atomic E-state index is 12.8. The number of aliphatic hydroxyl groups excluding tert-OH is 1. The van der Waals surface area contributed by atoms with E-state index in [1.807, 2.05) is 6.07 Å². The molecule has 1 heterocycles. The summed E-state index contributed by atoms with van der Waals surface area (Å²) >= 11 is 12.0. The third kappa shape index (κ3) is 5.21. The van der Waals surface area contributed by atoms with E-state index >= 15 is 0 Å². The number of nitrogens with zero attached hydrogens (tertiary/aromatic N) is 2. The highest BCUT2D eigenvalue weighted by Crippen LogP contribution is 2.25. The number of benzene rings is 1. The van der Waals surface area contributed by atoms with Crippen LogP contribution in [0.25, 0.3) is 0 Å². The number of likely N-dealkylation sites (tertiary alicyclic amines) is 1. The van der Waals surface area contributed by atoms with Gasteiger partial charge in [-0.15, -0.1) is 0 Å². The highest BCUT2D eigenvalue weighted by Gasteiger charge is 2.29. The van der Waals surface area contributed by atoms with Crippen molar-refractivity contribution in [1.29, 1.82) is 0 Å². The molecule has 1 aliphatic heterocycles. The zero-order chi connectivity index (χ0) is 18.4. The Labute approximate surface area is 157 Å². The molecule has 0 aromatic heterocycles. The third-order valence-corrected chi connectivity index (χ3v) is 5.11. The molecule has 1 aromatic carbocycles. The highest BCUT2D eigenvalue weighted by atomic mass is 35.5. The second-order valence-electron chi connectivity index (χ2n) is 6.04. The molecule has 1 aromatic rings. The maximum Gasteiger partial charge on any atom is 0.245 e. The van der Waals surface area contributed by atoms with Crippen molar-refractivity contribution in [3.05, 3.63) is 46.5 Å². The van der Waals surface area contributed by atoms with Gasteiger partial charge in [-0.1, -0.05) is 35.8 Å². The first kappa shape index (κ1) is 19.8. The quantitative estimate of drug-likeness (QED) is 0.766. The zero-order valence-corrected chi connectivity index (χ0v) is 15.5. The molecule has 0 unspecified atom stereocenters. The minimum absolute atomic E-state index is 0.00850. The zero-order valence-electron chi connectivity index (χ0n) is 14.0. The lowest BCUT2D eigenvalue weighted by Gasteiger charge is -2.33. The van der Waals surface area contributed by atoms with Gasteiger partial charge in [0.15, 0.2) is 0 Å². The Hall–Kier alpha value is -1.56. The second kappa shape index (κ2) is 9.22. The van der Waals surface area contributed by atoms with E-state index in [1.54, 1.807) is 21.9 Å². The van der Waals surface area contributed by atoms with Crippen LogP contribution < -0.4 is 0 Å². The number of piperidine rings is 1. The fourth-order valence-corrected chi connectivity index (χ4v) is 3.30. The Kier molecular flexibility index (Phi) is 7.29. The average Bonchev–Trinajstić information content (AvgIpc) is 2.63. The van der Waals surface area contributed by atoms with E-state index in [0.717, 1.165) is 5.56 Å². The predicted octanol–water partition coefficient (Wildman–Crippen LogP) is 2.74. The molecule has 5 nitrogen and oxygen atoms in total. The Morgan fingerprint density at radius 1 is 1.28 bits per heavy atom. The number of halogens is 2. The van der Waals surface area contributed by atoms with Crippen LogP contribution in [0.4, 0.5) is 0 Å². The summed E-state index contributed by atoms with van der Waals surface area (Å²) in [6, 6.07) is 5.24. The molecule has 2 amide bonds. The van der Waals surface area contributed by atoms with Gasteiger partial charge in [0.05, 0.1) is 16.7 Å². The fraction of sp³-hybridized carbons (Fsp3) is 0.444. The number of carbonyl (C=O) groups excluding carboxylic acids is 2. The first-order valence-electron chi connectivity index (χ1n) is 8.21. The van der Waals surface area contributed by atoms with Crippen LogP contribution in [0, 0.1) is 5.92 Å². The number of hydrogen-bond donors (Lipinski definition) is 1. The molecule has 0 saturated carbocycles. The Bertz CT molecular complexity index is 643. The van der Waals surface area contributed by atoms with Crippen molar-refractivity contribution in [2.45, 2.75) is 19.4 Å². The number of rotatable bonds is 6. The van der Waals surface area contributed by atoms with E-state index in [2.05, 4.69) is 6.58 Å². The molecular weight excluding hydrogens is 363 g/mol. The van der Waals surface area contributed by atoms with Crippen molar-refractivity contribution in [3.8, 4) is 0 Å². The van der Waals surface area contributed by atoms with Gasteiger partial charge in [-0.3, -0.25) is 9.59 Å². The predicted molar refractivity (Wildman–Crippen MR) is 98.5 cm³/mol. The van der Waals surface area contributed by atoms with Crippen molar-refractivity contribution in [3.63, 3.8) is 0 Å². The van der Waals surface area contributed by atoms with Gasteiger partial charge >= 0.3 is 0 Å². The van der Waals surface area contributed by atoms with Gasteiger partial charge in [-0.25, -0.2) is 0 Å².